The Hall–Kier alpha value is -1.78. The Morgan fingerprint density at radius 3 is 2.53 bits per heavy atom. The van der Waals surface area contributed by atoms with E-state index in [0.717, 1.165) is 5.69 Å². The van der Waals surface area contributed by atoms with Gasteiger partial charge in [-0.2, -0.15) is 0 Å². The smallest absolute Gasteiger partial charge is 0.325 e. The summed E-state index contributed by atoms with van der Waals surface area (Å²) < 4.78 is 6.59. The third kappa shape index (κ3) is 3.09. The lowest BCUT2D eigenvalue weighted by atomic mass is 10.3. The first-order valence-corrected chi connectivity index (χ1v) is 5.50. The number of nitrogens with zero attached hydrogens (tertiary/aromatic N) is 2. The van der Waals surface area contributed by atoms with E-state index in [1.54, 1.807) is 24.6 Å². The molecule has 0 fully saturated rings. The highest BCUT2D eigenvalue weighted by molar-refractivity contribution is 5.94. The van der Waals surface area contributed by atoms with E-state index in [4.69, 9.17) is 4.74 Å². The number of carbonyl (C=O) groups is 2. The molecule has 1 aromatic rings. The molecule has 5 nitrogen and oxygen atoms in total. The Balaban J connectivity index is 2.70. The van der Waals surface area contributed by atoms with Gasteiger partial charge in [-0.1, -0.05) is 0 Å². The fourth-order valence-electron chi connectivity index (χ4n) is 1.50. The van der Waals surface area contributed by atoms with Gasteiger partial charge >= 0.3 is 5.97 Å². The number of esters is 1. The summed E-state index contributed by atoms with van der Waals surface area (Å²) in [5, 5.41) is 0. The van der Waals surface area contributed by atoms with E-state index in [9.17, 15) is 9.59 Å². The highest BCUT2D eigenvalue weighted by atomic mass is 16.5. The van der Waals surface area contributed by atoms with Crippen molar-refractivity contribution in [2.45, 2.75) is 13.8 Å². The maximum Gasteiger partial charge on any atom is 0.325 e. The van der Waals surface area contributed by atoms with Crippen molar-refractivity contribution in [3.8, 4) is 0 Å². The van der Waals surface area contributed by atoms with Crippen LogP contribution < -0.4 is 0 Å². The van der Waals surface area contributed by atoms with Crippen LogP contribution >= 0.6 is 0 Å². The molecule has 0 N–H and O–H groups in total. The first-order chi connectivity index (χ1) is 7.97. The molecular weight excluding hydrogens is 220 g/mol. The molecule has 1 amide bonds. The van der Waals surface area contributed by atoms with Crippen molar-refractivity contribution >= 4 is 11.9 Å². The van der Waals surface area contributed by atoms with Gasteiger partial charge in [-0.05, 0) is 26.0 Å². The fourth-order valence-corrected chi connectivity index (χ4v) is 1.50. The molecule has 17 heavy (non-hydrogen) atoms. The van der Waals surface area contributed by atoms with E-state index in [1.165, 1.54) is 4.90 Å². The van der Waals surface area contributed by atoms with Gasteiger partial charge in [0.25, 0.3) is 5.91 Å². The SMILES string of the molecule is CCOC(=O)CN(C)C(=O)c1ccc(C)n1C. The summed E-state index contributed by atoms with van der Waals surface area (Å²) >= 11 is 0. The molecule has 1 rings (SSSR count). The summed E-state index contributed by atoms with van der Waals surface area (Å²) in [5.41, 5.74) is 1.56. The fraction of sp³-hybridized carbons (Fsp3) is 0.500. The molecule has 0 bridgehead atoms. The Labute approximate surface area is 101 Å². The molecule has 0 aliphatic heterocycles. The molecule has 0 aliphatic carbocycles. The Kier molecular flexibility index (Phi) is 4.31. The second-order valence-corrected chi connectivity index (χ2v) is 3.89. The van der Waals surface area contributed by atoms with Crippen LogP contribution in [0.3, 0.4) is 0 Å². The van der Waals surface area contributed by atoms with Gasteiger partial charge in [0, 0.05) is 19.8 Å². The summed E-state index contributed by atoms with van der Waals surface area (Å²) in [6.07, 6.45) is 0. The van der Waals surface area contributed by atoms with Crippen molar-refractivity contribution in [1.82, 2.24) is 9.47 Å². The second kappa shape index (κ2) is 5.52. The van der Waals surface area contributed by atoms with Gasteiger partial charge in [0.15, 0.2) is 0 Å². The lowest BCUT2D eigenvalue weighted by Gasteiger charge is -2.16. The molecule has 0 aliphatic rings. The van der Waals surface area contributed by atoms with E-state index in [1.807, 2.05) is 20.0 Å². The Morgan fingerprint density at radius 1 is 1.41 bits per heavy atom. The van der Waals surface area contributed by atoms with Gasteiger partial charge in [-0.25, -0.2) is 0 Å². The van der Waals surface area contributed by atoms with Crippen LogP contribution in [-0.2, 0) is 16.6 Å². The van der Waals surface area contributed by atoms with Crippen molar-refractivity contribution in [3.05, 3.63) is 23.5 Å². The molecule has 1 aromatic heterocycles. The van der Waals surface area contributed by atoms with Crippen LogP contribution in [0.4, 0.5) is 0 Å². The predicted octanol–water partition coefficient (Wildman–Crippen LogP) is 0.969. The maximum absolute atomic E-state index is 12.0. The lowest BCUT2D eigenvalue weighted by Crippen LogP contribution is -2.34. The van der Waals surface area contributed by atoms with Gasteiger partial charge < -0.3 is 14.2 Å². The number of amides is 1. The monoisotopic (exact) mass is 238 g/mol. The van der Waals surface area contributed by atoms with Crippen molar-refractivity contribution in [3.63, 3.8) is 0 Å². The normalized spacial score (nSPS) is 10.1. The van der Waals surface area contributed by atoms with Crippen LogP contribution in [0.25, 0.3) is 0 Å². The molecule has 0 unspecified atom stereocenters. The zero-order chi connectivity index (χ0) is 13.0. The van der Waals surface area contributed by atoms with Gasteiger partial charge in [0.2, 0.25) is 0 Å². The summed E-state index contributed by atoms with van der Waals surface area (Å²) in [5.74, 6) is -0.581. The number of aryl methyl sites for hydroxylation is 1. The van der Waals surface area contributed by atoms with Crippen molar-refractivity contribution in [2.24, 2.45) is 7.05 Å². The topological polar surface area (TPSA) is 51.5 Å². The molecule has 1 heterocycles. The number of hydrogen-bond acceptors (Lipinski definition) is 3. The molecular formula is C12H18N2O3. The number of ether oxygens (including phenoxy) is 1. The maximum atomic E-state index is 12.0. The number of aromatic nitrogens is 1. The van der Waals surface area contributed by atoms with Gasteiger partial charge in [0.1, 0.15) is 12.2 Å². The Morgan fingerprint density at radius 2 is 2.06 bits per heavy atom. The highest BCUT2D eigenvalue weighted by Crippen LogP contribution is 2.08. The van der Waals surface area contributed by atoms with Crippen LogP contribution in [0.2, 0.25) is 0 Å². The van der Waals surface area contributed by atoms with Crippen molar-refractivity contribution < 1.29 is 14.3 Å². The minimum atomic E-state index is -0.394. The summed E-state index contributed by atoms with van der Waals surface area (Å²) in [6, 6.07) is 3.62. The van der Waals surface area contributed by atoms with Gasteiger partial charge in [-0.3, -0.25) is 9.59 Å². The van der Waals surface area contributed by atoms with Crippen LogP contribution in [0, 0.1) is 6.92 Å². The average molecular weight is 238 g/mol. The number of likely N-dealkylation sites (N-methyl/N-ethyl adjacent to an activating group) is 1. The molecule has 0 saturated heterocycles. The van der Waals surface area contributed by atoms with Crippen LogP contribution in [0.1, 0.15) is 23.1 Å². The minimum Gasteiger partial charge on any atom is -0.465 e. The summed E-state index contributed by atoms with van der Waals surface area (Å²) in [4.78, 5) is 24.6. The molecule has 0 aromatic carbocycles. The van der Waals surface area contributed by atoms with Crippen LogP contribution in [0.15, 0.2) is 12.1 Å². The molecule has 94 valence electrons. The van der Waals surface area contributed by atoms with Crippen molar-refractivity contribution in [2.75, 3.05) is 20.2 Å². The molecule has 0 saturated carbocycles. The van der Waals surface area contributed by atoms with E-state index < -0.39 is 5.97 Å². The Bertz CT molecular complexity index is 423. The first kappa shape index (κ1) is 13.3. The van der Waals surface area contributed by atoms with Gasteiger partial charge in [-0.15, -0.1) is 0 Å². The van der Waals surface area contributed by atoms with E-state index in [0.29, 0.717) is 12.3 Å². The third-order valence-electron chi connectivity index (χ3n) is 2.61. The second-order valence-electron chi connectivity index (χ2n) is 3.89. The highest BCUT2D eigenvalue weighted by Gasteiger charge is 2.18. The number of rotatable bonds is 4. The van der Waals surface area contributed by atoms with E-state index in [2.05, 4.69) is 0 Å². The quantitative estimate of drug-likeness (QED) is 0.734. The largest absolute Gasteiger partial charge is 0.465 e. The predicted molar refractivity (Wildman–Crippen MR) is 63.7 cm³/mol. The van der Waals surface area contributed by atoms with E-state index in [-0.39, 0.29) is 12.5 Å². The molecule has 5 heteroatoms. The third-order valence-corrected chi connectivity index (χ3v) is 2.61. The van der Waals surface area contributed by atoms with Crippen LogP contribution in [-0.4, -0.2) is 41.5 Å². The standard InChI is InChI=1S/C12H18N2O3/c1-5-17-11(15)8-13(3)12(16)10-7-6-9(2)14(10)4/h6-7H,5,8H2,1-4H3. The van der Waals surface area contributed by atoms with E-state index >= 15 is 0 Å². The van der Waals surface area contributed by atoms with Crippen LogP contribution in [0.5, 0.6) is 0 Å². The molecule has 0 atom stereocenters. The summed E-state index contributed by atoms with van der Waals surface area (Å²) in [6.45, 7) is 3.95. The minimum absolute atomic E-state index is 0.0309. The first-order valence-electron chi connectivity index (χ1n) is 5.50. The molecule has 0 spiro atoms. The zero-order valence-electron chi connectivity index (χ0n) is 10.7. The number of carbonyl (C=O) groups excluding carboxylic acids is 2. The summed E-state index contributed by atoms with van der Waals surface area (Å²) in [7, 11) is 3.41. The zero-order valence-corrected chi connectivity index (χ0v) is 10.7. The van der Waals surface area contributed by atoms with Crippen molar-refractivity contribution in [1.29, 1.82) is 0 Å². The van der Waals surface area contributed by atoms with Gasteiger partial charge in [0.05, 0.1) is 6.61 Å². The molecule has 0 radical (unpaired) electrons. The lowest BCUT2D eigenvalue weighted by molar-refractivity contribution is -0.143. The number of hydrogen-bond donors (Lipinski definition) is 0. The average Bonchev–Trinajstić information content (AvgIpc) is 2.59.